The van der Waals surface area contributed by atoms with Gasteiger partial charge in [0.1, 0.15) is 16.5 Å². The normalized spacial score (nSPS) is 15.9. The molecule has 6 nitrogen and oxygen atoms in total. The van der Waals surface area contributed by atoms with Crippen molar-refractivity contribution in [2.24, 2.45) is 5.14 Å². The number of sulfonamides is 1. The number of nitrogens with zero attached hydrogens (tertiary/aromatic N) is 1. The molecule has 0 bridgehead atoms. The van der Waals surface area contributed by atoms with Gasteiger partial charge in [-0.3, -0.25) is 0 Å². The molecule has 3 rings (SSSR count). The average Bonchev–Trinajstić information content (AvgIpc) is 3.33. The highest BCUT2D eigenvalue weighted by atomic mass is 32.2. The van der Waals surface area contributed by atoms with Crippen molar-refractivity contribution < 1.29 is 13.2 Å². The summed E-state index contributed by atoms with van der Waals surface area (Å²) in [5.41, 5.74) is 1.07. The molecule has 1 aliphatic rings. The minimum Gasteiger partial charge on any atom is -0.496 e. The fraction of sp³-hybridized carbons (Fsp3) is 0.312. The number of anilines is 1. The molecule has 0 atom stereocenters. The van der Waals surface area contributed by atoms with Crippen LogP contribution in [-0.4, -0.2) is 27.1 Å². The molecule has 1 fully saturated rings. The van der Waals surface area contributed by atoms with Crippen molar-refractivity contribution in [2.75, 3.05) is 19.0 Å². The van der Waals surface area contributed by atoms with Gasteiger partial charge in [-0.1, -0.05) is 18.2 Å². The van der Waals surface area contributed by atoms with Gasteiger partial charge in [-0.15, -0.1) is 0 Å². The second-order valence-electron chi connectivity index (χ2n) is 5.73. The second-order valence-corrected chi connectivity index (χ2v) is 7.26. The van der Waals surface area contributed by atoms with Crippen molar-refractivity contribution in [3.8, 4) is 5.75 Å². The zero-order chi connectivity index (χ0) is 16.5. The van der Waals surface area contributed by atoms with Crippen LogP contribution in [0.2, 0.25) is 0 Å². The van der Waals surface area contributed by atoms with Crippen LogP contribution in [0.1, 0.15) is 18.4 Å². The Morgan fingerprint density at radius 1 is 1.26 bits per heavy atom. The second kappa shape index (κ2) is 5.82. The van der Waals surface area contributed by atoms with E-state index in [0.717, 1.165) is 24.2 Å². The quantitative estimate of drug-likeness (QED) is 0.842. The van der Waals surface area contributed by atoms with Crippen LogP contribution < -0.4 is 15.2 Å². The van der Waals surface area contributed by atoms with E-state index in [4.69, 9.17) is 9.88 Å². The van der Waals surface area contributed by atoms with E-state index in [9.17, 15) is 8.42 Å². The number of rotatable bonds is 6. The topological polar surface area (TPSA) is 94.3 Å². The maximum Gasteiger partial charge on any atom is 0.241 e. The number of benzene rings is 1. The number of hydrogen-bond donors (Lipinski definition) is 2. The average molecular weight is 333 g/mol. The van der Waals surface area contributed by atoms with Gasteiger partial charge in [0.2, 0.25) is 10.0 Å². The number of nitrogens with one attached hydrogen (secondary N) is 1. The van der Waals surface area contributed by atoms with Gasteiger partial charge >= 0.3 is 0 Å². The Labute approximate surface area is 135 Å². The third-order valence-electron chi connectivity index (χ3n) is 4.20. The first-order valence-corrected chi connectivity index (χ1v) is 8.86. The van der Waals surface area contributed by atoms with Crippen molar-refractivity contribution in [3.05, 3.63) is 48.2 Å². The first-order chi connectivity index (χ1) is 11.0. The first kappa shape index (κ1) is 15.8. The zero-order valence-electron chi connectivity index (χ0n) is 12.8. The Hall–Kier alpha value is -2.12. The van der Waals surface area contributed by atoms with Crippen molar-refractivity contribution >= 4 is 15.8 Å². The van der Waals surface area contributed by atoms with Gasteiger partial charge in [0.25, 0.3) is 0 Å². The number of hydrogen-bond acceptors (Lipinski definition) is 5. The van der Waals surface area contributed by atoms with E-state index < -0.39 is 10.0 Å². The molecule has 0 unspecified atom stereocenters. The van der Waals surface area contributed by atoms with Crippen molar-refractivity contribution in [1.82, 2.24) is 4.98 Å². The lowest BCUT2D eigenvalue weighted by atomic mass is 9.95. The van der Waals surface area contributed by atoms with Crippen molar-refractivity contribution in [1.29, 1.82) is 0 Å². The van der Waals surface area contributed by atoms with Gasteiger partial charge in [0, 0.05) is 23.7 Å². The molecule has 2 aromatic rings. The number of pyridine rings is 1. The van der Waals surface area contributed by atoms with Gasteiger partial charge in [-0.05, 0) is 31.0 Å². The van der Waals surface area contributed by atoms with Gasteiger partial charge < -0.3 is 10.1 Å². The molecule has 0 aliphatic heterocycles. The molecule has 122 valence electrons. The number of primary sulfonamides is 1. The number of methoxy groups -OCH3 is 1. The maximum atomic E-state index is 11.6. The van der Waals surface area contributed by atoms with E-state index in [0.29, 0.717) is 6.54 Å². The molecular formula is C16H19N3O3S. The van der Waals surface area contributed by atoms with Crippen LogP contribution in [0, 0.1) is 0 Å². The molecule has 1 aliphatic carbocycles. The fourth-order valence-electron chi connectivity index (χ4n) is 2.78. The summed E-state index contributed by atoms with van der Waals surface area (Å²) in [6, 6.07) is 10.9. The minimum absolute atomic E-state index is 0.0100. The molecule has 1 aromatic heterocycles. The summed E-state index contributed by atoms with van der Waals surface area (Å²) in [5.74, 6) is 1.13. The summed E-state index contributed by atoms with van der Waals surface area (Å²) in [5, 5.41) is 8.39. The molecule has 3 N–H and O–H groups in total. The van der Waals surface area contributed by atoms with Crippen molar-refractivity contribution in [2.45, 2.75) is 23.2 Å². The Balaban J connectivity index is 1.85. The Morgan fingerprint density at radius 2 is 2.00 bits per heavy atom. The molecule has 0 saturated heterocycles. The van der Waals surface area contributed by atoms with E-state index in [2.05, 4.69) is 10.3 Å². The summed E-state index contributed by atoms with van der Waals surface area (Å²) in [4.78, 5) is 4.12. The number of aromatic nitrogens is 1. The molecule has 0 radical (unpaired) electrons. The van der Waals surface area contributed by atoms with E-state index in [1.54, 1.807) is 19.4 Å². The molecule has 1 saturated carbocycles. The highest BCUT2D eigenvalue weighted by molar-refractivity contribution is 7.89. The first-order valence-electron chi connectivity index (χ1n) is 7.31. The van der Waals surface area contributed by atoms with Gasteiger partial charge in [0.05, 0.1) is 7.11 Å². The lowest BCUT2D eigenvalue weighted by molar-refractivity contribution is 0.404. The largest absolute Gasteiger partial charge is 0.496 e. The lowest BCUT2D eigenvalue weighted by Gasteiger charge is -2.20. The van der Waals surface area contributed by atoms with Crippen LogP contribution in [0.25, 0.3) is 0 Å². The van der Waals surface area contributed by atoms with Gasteiger partial charge in [0.15, 0.2) is 0 Å². The molecule has 7 heteroatoms. The summed E-state index contributed by atoms with van der Waals surface area (Å²) >= 11 is 0. The third kappa shape index (κ3) is 3.16. The summed E-state index contributed by atoms with van der Waals surface area (Å²) in [7, 11) is -2.15. The molecule has 0 spiro atoms. The van der Waals surface area contributed by atoms with Crippen molar-refractivity contribution in [3.63, 3.8) is 0 Å². The maximum absolute atomic E-state index is 11.6. The van der Waals surface area contributed by atoms with E-state index in [-0.39, 0.29) is 16.1 Å². The minimum atomic E-state index is -3.81. The van der Waals surface area contributed by atoms with Crippen LogP contribution in [-0.2, 0) is 15.4 Å². The van der Waals surface area contributed by atoms with E-state index in [1.807, 2.05) is 24.3 Å². The Bertz CT molecular complexity index is 817. The van der Waals surface area contributed by atoms with Crippen LogP contribution >= 0.6 is 0 Å². The third-order valence-corrected chi connectivity index (χ3v) is 5.15. The Morgan fingerprint density at radius 3 is 2.65 bits per heavy atom. The van der Waals surface area contributed by atoms with Gasteiger partial charge in [-0.25, -0.2) is 18.5 Å². The van der Waals surface area contributed by atoms with Crippen LogP contribution in [0.4, 0.5) is 5.82 Å². The van der Waals surface area contributed by atoms with E-state index >= 15 is 0 Å². The SMILES string of the molecule is COc1ccccc1C1(CNc2ncccc2S(N)(=O)=O)CC1. The van der Waals surface area contributed by atoms with Gasteiger partial charge in [-0.2, -0.15) is 0 Å². The lowest BCUT2D eigenvalue weighted by Crippen LogP contribution is -2.23. The number of para-hydroxylation sites is 1. The molecule has 1 heterocycles. The Kier molecular flexibility index (Phi) is 3.99. The number of ether oxygens (including phenoxy) is 1. The highest BCUT2D eigenvalue weighted by Crippen LogP contribution is 2.51. The smallest absolute Gasteiger partial charge is 0.241 e. The number of nitrogens with two attached hydrogens (primary N) is 1. The van der Waals surface area contributed by atoms with Crippen LogP contribution in [0.3, 0.4) is 0 Å². The highest BCUT2D eigenvalue weighted by Gasteiger charge is 2.46. The fourth-order valence-corrected chi connectivity index (χ4v) is 3.44. The predicted molar refractivity (Wildman–Crippen MR) is 88.0 cm³/mol. The molecule has 23 heavy (non-hydrogen) atoms. The van der Waals surface area contributed by atoms with E-state index in [1.165, 1.54) is 6.07 Å². The monoisotopic (exact) mass is 333 g/mol. The summed E-state index contributed by atoms with van der Waals surface area (Å²) in [6.45, 7) is 0.576. The van der Waals surface area contributed by atoms with Crippen LogP contribution in [0.5, 0.6) is 5.75 Å². The zero-order valence-corrected chi connectivity index (χ0v) is 13.6. The summed E-state index contributed by atoms with van der Waals surface area (Å²) < 4.78 is 28.7. The molecular weight excluding hydrogens is 314 g/mol. The molecule has 0 amide bonds. The summed E-state index contributed by atoms with van der Waals surface area (Å²) in [6.07, 6.45) is 3.56. The molecule has 1 aromatic carbocycles. The van der Waals surface area contributed by atoms with Crippen LogP contribution in [0.15, 0.2) is 47.5 Å². The standard InChI is InChI=1S/C16H19N3O3S/c1-22-13-6-3-2-5-12(13)16(8-9-16)11-19-15-14(23(17,20)21)7-4-10-18-15/h2-7,10H,8-9,11H2,1H3,(H,18,19)(H2,17,20,21). The predicted octanol–water partition coefficient (Wildman–Crippen LogP) is 1.88.